The molecule has 2 aromatic rings. The van der Waals surface area contributed by atoms with E-state index in [1.807, 2.05) is 32.0 Å². The van der Waals surface area contributed by atoms with E-state index in [4.69, 9.17) is 9.47 Å². The molecule has 8 heteroatoms. The summed E-state index contributed by atoms with van der Waals surface area (Å²) in [5.41, 5.74) is 0.335. The number of carbonyl (C=O) groups excluding carboxylic acids is 1. The third-order valence-corrected chi connectivity index (χ3v) is 6.65. The number of nitrogens with zero attached hydrogens (tertiary/aromatic N) is 1. The van der Waals surface area contributed by atoms with Crippen LogP contribution in [0.25, 0.3) is 0 Å². The van der Waals surface area contributed by atoms with Gasteiger partial charge in [-0.05, 0) is 42.7 Å². The zero-order chi connectivity index (χ0) is 21.6. The quantitative estimate of drug-likeness (QED) is 0.684. The van der Waals surface area contributed by atoms with E-state index in [1.165, 1.54) is 16.4 Å². The highest BCUT2D eigenvalue weighted by atomic mass is 32.2. The Hall–Kier alpha value is -2.42. The summed E-state index contributed by atoms with van der Waals surface area (Å²) in [6, 6.07) is 13.7. The van der Waals surface area contributed by atoms with Crippen molar-refractivity contribution in [2.24, 2.45) is 5.92 Å². The Morgan fingerprint density at radius 1 is 1.13 bits per heavy atom. The number of ether oxygens (including phenoxy) is 2. The van der Waals surface area contributed by atoms with E-state index >= 15 is 0 Å². The fraction of sp³-hybridized carbons (Fsp3) is 0.409. The minimum atomic E-state index is -3.69. The van der Waals surface area contributed by atoms with Gasteiger partial charge in [-0.2, -0.15) is 4.31 Å². The van der Waals surface area contributed by atoms with Crippen LogP contribution in [0, 0.1) is 5.92 Å². The molecule has 0 spiro atoms. The van der Waals surface area contributed by atoms with Gasteiger partial charge in [-0.25, -0.2) is 8.42 Å². The van der Waals surface area contributed by atoms with Crippen LogP contribution in [0.15, 0.2) is 53.4 Å². The summed E-state index contributed by atoms with van der Waals surface area (Å²) in [5.74, 6) is 1.20. The first-order valence-electron chi connectivity index (χ1n) is 10.1. The van der Waals surface area contributed by atoms with Crippen molar-refractivity contribution in [1.29, 1.82) is 0 Å². The molecule has 1 saturated heterocycles. The summed E-state index contributed by atoms with van der Waals surface area (Å²) < 4.78 is 38.6. The second-order valence-corrected chi connectivity index (χ2v) is 9.51. The highest BCUT2D eigenvalue weighted by molar-refractivity contribution is 7.89. The zero-order valence-corrected chi connectivity index (χ0v) is 18.2. The number of hydrogen-bond acceptors (Lipinski definition) is 5. The minimum absolute atomic E-state index is 0.115. The van der Waals surface area contributed by atoms with E-state index in [-0.39, 0.29) is 10.8 Å². The number of anilines is 1. The monoisotopic (exact) mass is 432 g/mol. The van der Waals surface area contributed by atoms with Gasteiger partial charge >= 0.3 is 0 Å². The summed E-state index contributed by atoms with van der Waals surface area (Å²) in [7, 11) is -3.69. The molecule has 0 aromatic heterocycles. The van der Waals surface area contributed by atoms with E-state index in [9.17, 15) is 13.2 Å². The number of para-hydroxylation sites is 1. The van der Waals surface area contributed by atoms with Crippen molar-refractivity contribution < 1.29 is 22.7 Å². The van der Waals surface area contributed by atoms with Crippen LogP contribution in [0.1, 0.15) is 26.7 Å². The first-order valence-corrected chi connectivity index (χ1v) is 11.5. The van der Waals surface area contributed by atoms with Crippen LogP contribution in [0.5, 0.6) is 11.5 Å². The molecule has 0 atom stereocenters. The molecule has 30 heavy (non-hydrogen) atoms. The molecule has 0 bridgehead atoms. The largest absolute Gasteiger partial charge is 0.455 e. The van der Waals surface area contributed by atoms with Crippen molar-refractivity contribution in [1.82, 2.24) is 4.31 Å². The number of rotatable bonds is 8. The molecular formula is C22H28N2O5S. The van der Waals surface area contributed by atoms with Gasteiger partial charge in [-0.1, -0.05) is 32.0 Å². The normalized spacial score (nSPS) is 15.2. The van der Waals surface area contributed by atoms with Crippen molar-refractivity contribution in [2.45, 2.75) is 31.6 Å². The summed E-state index contributed by atoms with van der Waals surface area (Å²) in [6.07, 6.45) is 1.09. The minimum Gasteiger partial charge on any atom is -0.455 e. The van der Waals surface area contributed by atoms with Crippen molar-refractivity contribution in [3.63, 3.8) is 0 Å². The maximum absolute atomic E-state index is 13.0. The summed E-state index contributed by atoms with van der Waals surface area (Å²) >= 11 is 0. The molecule has 2 aromatic carbocycles. The van der Waals surface area contributed by atoms with E-state index < -0.39 is 10.0 Å². The van der Waals surface area contributed by atoms with Crippen LogP contribution < -0.4 is 10.1 Å². The van der Waals surface area contributed by atoms with Crippen molar-refractivity contribution >= 4 is 21.6 Å². The number of nitrogens with one attached hydrogen (secondary N) is 1. The number of benzene rings is 2. The van der Waals surface area contributed by atoms with Gasteiger partial charge < -0.3 is 14.8 Å². The summed E-state index contributed by atoms with van der Waals surface area (Å²) in [5, 5.41) is 2.83. The molecule has 1 aliphatic rings. The highest BCUT2D eigenvalue weighted by Gasteiger charge is 2.27. The fourth-order valence-corrected chi connectivity index (χ4v) is 4.47. The molecule has 1 aliphatic heterocycles. The molecule has 3 rings (SSSR count). The third kappa shape index (κ3) is 5.81. The SMILES string of the molecule is CC(C)CCC(=O)Nc1cc(S(=O)(=O)N2CCOCC2)ccc1Oc1ccccc1. The van der Waals surface area contributed by atoms with Gasteiger partial charge in [0.2, 0.25) is 15.9 Å². The van der Waals surface area contributed by atoms with Crippen LogP contribution in [-0.2, 0) is 19.6 Å². The zero-order valence-electron chi connectivity index (χ0n) is 17.3. The lowest BCUT2D eigenvalue weighted by Crippen LogP contribution is -2.40. The Kier molecular flexibility index (Phi) is 7.47. The summed E-state index contributed by atoms with van der Waals surface area (Å²) in [4.78, 5) is 12.6. The van der Waals surface area contributed by atoms with Crippen LogP contribution in [0.2, 0.25) is 0 Å². The van der Waals surface area contributed by atoms with Crippen LogP contribution in [0.3, 0.4) is 0 Å². The second kappa shape index (κ2) is 10.1. The molecule has 1 N–H and O–H groups in total. The Labute approximate surface area is 178 Å². The van der Waals surface area contributed by atoms with Gasteiger partial charge in [0.1, 0.15) is 5.75 Å². The molecule has 0 radical (unpaired) electrons. The van der Waals surface area contributed by atoms with Gasteiger partial charge in [0, 0.05) is 19.5 Å². The topological polar surface area (TPSA) is 84.9 Å². The Morgan fingerprint density at radius 3 is 2.50 bits per heavy atom. The Balaban J connectivity index is 1.89. The van der Waals surface area contributed by atoms with Gasteiger partial charge in [0.15, 0.2) is 5.75 Å². The lowest BCUT2D eigenvalue weighted by Gasteiger charge is -2.26. The van der Waals surface area contributed by atoms with Gasteiger partial charge in [-0.3, -0.25) is 4.79 Å². The van der Waals surface area contributed by atoms with E-state index in [0.717, 1.165) is 6.42 Å². The highest BCUT2D eigenvalue weighted by Crippen LogP contribution is 2.33. The standard InChI is InChI=1S/C22H28N2O5S/c1-17(2)8-11-22(25)23-20-16-19(30(26,27)24-12-14-28-15-13-24)9-10-21(20)29-18-6-4-3-5-7-18/h3-7,9-10,16-17H,8,11-15H2,1-2H3,(H,23,25). The van der Waals surface area contributed by atoms with E-state index in [0.29, 0.717) is 55.8 Å². The van der Waals surface area contributed by atoms with Crippen molar-refractivity contribution in [3.05, 3.63) is 48.5 Å². The van der Waals surface area contributed by atoms with Crippen LogP contribution in [-0.4, -0.2) is 44.9 Å². The number of hydrogen-bond donors (Lipinski definition) is 1. The van der Waals surface area contributed by atoms with E-state index in [1.54, 1.807) is 18.2 Å². The maximum atomic E-state index is 13.0. The molecule has 7 nitrogen and oxygen atoms in total. The molecule has 1 fully saturated rings. The molecule has 0 unspecified atom stereocenters. The molecule has 162 valence electrons. The van der Waals surface area contributed by atoms with E-state index in [2.05, 4.69) is 5.32 Å². The predicted molar refractivity (Wildman–Crippen MR) is 115 cm³/mol. The Morgan fingerprint density at radius 2 is 1.83 bits per heavy atom. The molecular weight excluding hydrogens is 404 g/mol. The third-order valence-electron chi connectivity index (χ3n) is 4.75. The lowest BCUT2D eigenvalue weighted by atomic mass is 10.1. The average molecular weight is 433 g/mol. The molecule has 1 heterocycles. The smallest absolute Gasteiger partial charge is 0.243 e. The van der Waals surface area contributed by atoms with Crippen LogP contribution >= 0.6 is 0 Å². The van der Waals surface area contributed by atoms with Gasteiger partial charge in [-0.15, -0.1) is 0 Å². The number of amides is 1. The molecule has 0 saturated carbocycles. The predicted octanol–water partition coefficient (Wildman–Crippen LogP) is 3.87. The summed E-state index contributed by atoms with van der Waals surface area (Å²) in [6.45, 7) is 5.45. The maximum Gasteiger partial charge on any atom is 0.243 e. The van der Waals surface area contributed by atoms with Crippen LogP contribution in [0.4, 0.5) is 5.69 Å². The lowest BCUT2D eigenvalue weighted by molar-refractivity contribution is -0.116. The number of morpholine rings is 1. The molecule has 1 amide bonds. The first kappa shape index (κ1) is 22.3. The fourth-order valence-electron chi connectivity index (χ4n) is 3.04. The van der Waals surface area contributed by atoms with Gasteiger partial charge in [0.05, 0.1) is 23.8 Å². The van der Waals surface area contributed by atoms with Crippen molar-refractivity contribution in [2.75, 3.05) is 31.6 Å². The Bertz CT molecular complexity index is 955. The number of carbonyl (C=O) groups is 1. The van der Waals surface area contributed by atoms with Gasteiger partial charge in [0.25, 0.3) is 0 Å². The first-order chi connectivity index (χ1) is 14.4. The second-order valence-electron chi connectivity index (χ2n) is 7.57. The average Bonchev–Trinajstić information content (AvgIpc) is 2.75. The molecule has 0 aliphatic carbocycles. The van der Waals surface area contributed by atoms with Crippen molar-refractivity contribution in [3.8, 4) is 11.5 Å². The number of sulfonamides is 1.